The Morgan fingerprint density at radius 1 is 1.53 bits per heavy atom. The van der Waals surface area contributed by atoms with Gasteiger partial charge in [-0.3, -0.25) is 4.79 Å². The normalized spacial score (nSPS) is 19.3. The van der Waals surface area contributed by atoms with Gasteiger partial charge in [0, 0.05) is 24.7 Å². The van der Waals surface area contributed by atoms with Crippen molar-refractivity contribution in [3.63, 3.8) is 0 Å². The van der Waals surface area contributed by atoms with E-state index in [0.29, 0.717) is 18.7 Å². The van der Waals surface area contributed by atoms with E-state index in [1.165, 1.54) is 0 Å². The van der Waals surface area contributed by atoms with Crippen molar-refractivity contribution in [2.24, 2.45) is 5.73 Å². The van der Waals surface area contributed by atoms with Crippen molar-refractivity contribution in [2.75, 3.05) is 19.7 Å². The number of nitrogens with two attached hydrogens (primary N) is 1. The predicted molar refractivity (Wildman–Crippen MR) is 75.3 cm³/mol. The van der Waals surface area contributed by atoms with Crippen LogP contribution in [-0.2, 0) is 0 Å². The number of carbonyl (C=O) groups is 1. The Kier molecular flexibility index (Phi) is 4.80. The van der Waals surface area contributed by atoms with Gasteiger partial charge in [-0.25, -0.2) is 0 Å². The third-order valence-corrected chi connectivity index (χ3v) is 3.30. The summed E-state index contributed by atoms with van der Waals surface area (Å²) in [6.07, 6.45) is 2.95. The molecule has 0 bridgehead atoms. The van der Waals surface area contributed by atoms with Crippen molar-refractivity contribution in [3.05, 3.63) is 29.8 Å². The van der Waals surface area contributed by atoms with Gasteiger partial charge in [-0.2, -0.15) is 0 Å². The number of carbonyl (C=O) groups excluding carboxylic acids is 1. The molecular formula is C15H22N2O2. The number of rotatable bonds is 4. The number of hydrogen-bond acceptors (Lipinski definition) is 3. The minimum Gasteiger partial charge on any atom is -0.494 e. The first-order valence-electron chi connectivity index (χ1n) is 6.98. The Labute approximate surface area is 114 Å². The Balaban J connectivity index is 2.05. The smallest absolute Gasteiger partial charge is 0.254 e. The summed E-state index contributed by atoms with van der Waals surface area (Å²) in [6.45, 7) is 4.18. The van der Waals surface area contributed by atoms with Crippen molar-refractivity contribution >= 4 is 5.91 Å². The molecule has 2 rings (SSSR count). The van der Waals surface area contributed by atoms with E-state index in [1.807, 2.05) is 29.2 Å². The predicted octanol–water partition coefficient (Wildman–Crippen LogP) is 2.04. The molecule has 4 heteroatoms. The summed E-state index contributed by atoms with van der Waals surface area (Å²) in [5.41, 5.74) is 6.60. The average molecular weight is 262 g/mol. The van der Waals surface area contributed by atoms with Crippen molar-refractivity contribution in [1.29, 1.82) is 0 Å². The topological polar surface area (TPSA) is 55.6 Å². The molecule has 0 radical (unpaired) electrons. The highest BCUT2D eigenvalue weighted by Crippen LogP contribution is 2.17. The van der Waals surface area contributed by atoms with Gasteiger partial charge in [0.1, 0.15) is 5.75 Å². The van der Waals surface area contributed by atoms with Gasteiger partial charge in [-0.15, -0.1) is 0 Å². The average Bonchev–Trinajstić information content (AvgIpc) is 2.44. The maximum Gasteiger partial charge on any atom is 0.254 e. The van der Waals surface area contributed by atoms with Gasteiger partial charge >= 0.3 is 0 Å². The third kappa shape index (κ3) is 3.70. The Morgan fingerprint density at radius 3 is 3.11 bits per heavy atom. The van der Waals surface area contributed by atoms with E-state index in [4.69, 9.17) is 10.5 Å². The summed E-state index contributed by atoms with van der Waals surface area (Å²) in [5.74, 6) is 0.811. The van der Waals surface area contributed by atoms with Crippen LogP contribution in [0.4, 0.5) is 0 Å². The molecule has 1 aliphatic heterocycles. The Bertz CT molecular complexity index is 434. The zero-order valence-electron chi connectivity index (χ0n) is 11.5. The van der Waals surface area contributed by atoms with Crippen LogP contribution in [0, 0.1) is 0 Å². The molecule has 19 heavy (non-hydrogen) atoms. The number of nitrogens with zero attached hydrogens (tertiary/aromatic N) is 1. The fourth-order valence-electron chi connectivity index (χ4n) is 2.32. The summed E-state index contributed by atoms with van der Waals surface area (Å²) in [4.78, 5) is 14.2. The van der Waals surface area contributed by atoms with Crippen molar-refractivity contribution < 1.29 is 9.53 Å². The second-order valence-corrected chi connectivity index (χ2v) is 5.03. The van der Waals surface area contributed by atoms with E-state index in [1.54, 1.807) is 0 Å². The van der Waals surface area contributed by atoms with Crippen LogP contribution < -0.4 is 10.5 Å². The van der Waals surface area contributed by atoms with E-state index in [0.717, 1.165) is 31.6 Å². The van der Waals surface area contributed by atoms with E-state index >= 15 is 0 Å². The van der Waals surface area contributed by atoms with Crippen LogP contribution in [0.1, 0.15) is 36.5 Å². The number of amides is 1. The van der Waals surface area contributed by atoms with Crippen LogP contribution in [0.25, 0.3) is 0 Å². The first kappa shape index (κ1) is 13.9. The first-order chi connectivity index (χ1) is 9.20. The molecule has 1 aliphatic rings. The van der Waals surface area contributed by atoms with Gasteiger partial charge in [0.25, 0.3) is 5.91 Å². The quantitative estimate of drug-likeness (QED) is 0.903. The highest BCUT2D eigenvalue weighted by atomic mass is 16.5. The SMILES string of the molecule is CCCOc1cccc(C(=O)N2CCC[C@@H](N)C2)c1. The Morgan fingerprint density at radius 2 is 2.37 bits per heavy atom. The zero-order chi connectivity index (χ0) is 13.7. The zero-order valence-corrected chi connectivity index (χ0v) is 11.5. The van der Waals surface area contributed by atoms with Crippen molar-refractivity contribution in [2.45, 2.75) is 32.2 Å². The van der Waals surface area contributed by atoms with Crippen molar-refractivity contribution in [1.82, 2.24) is 4.90 Å². The molecule has 1 heterocycles. The second-order valence-electron chi connectivity index (χ2n) is 5.03. The first-order valence-corrected chi connectivity index (χ1v) is 6.98. The van der Waals surface area contributed by atoms with Crippen molar-refractivity contribution in [3.8, 4) is 5.75 Å². The maximum atomic E-state index is 12.4. The molecule has 0 aliphatic carbocycles. The van der Waals surface area contributed by atoms with Crippen LogP contribution in [0.3, 0.4) is 0 Å². The number of likely N-dealkylation sites (tertiary alicyclic amines) is 1. The van der Waals surface area contributed by atoms with Gasteiger partial charge in [-0.05, 0) is 37.5 Å². The van der Waals surface area contributed by atoms with E-state index < -0.39 is 0 Å². The number of ether oxygens (including phenoxy) is 1. The third-order valence-electron chi connectivity index (χ3n) is 3.30. The number of piperidine rings is 1. The van der Waals surface area contributed by atoms with Crippen LogP contribution in [-0.4, -0.2) is 36.5 Å². The molecular weight excluding hydrogens is 240 g/mol. The van der Waals surface area contributed by atoms with E-state index in [-0.39, 0.29) is 11.9 Å². The van der Waals surface area contributed by atoms with Gasteiger partial charge in [0.15, 0.2) is 0 Å². The van der Waals surface area contributed by atoms with Crippen LogP contribution in [0.2, 0.25) is 0 Å². The van der Waals surface area contributed by atoms with Gasteiger partial charge in [-0.1, -0.05) is 13.0 Å². The summed E-state index contributed by atoms with van der Waals surface area (Å²) in [7, 11) is 0. The summed E-state index contributed by atoms with van der Waals surface area (Å²) in [5, 5.41) is 0. The summed E-state index contributed by atoms with van der Waals surface area (Å²) >= 11 is 0. The lowest BCUT2D eigenvalue weighted by Crippen LogP contribution is -2.45. The van der Waals surface area contributed by atoms with E-state index in [2.05, 4.69) is 6.92 Å². The monoisotopic (exact) mass is 262 g/mol. The molecule has 2 N–H and O–H groups in total. The molecule has 1 amide bonds. The molecule has 1 aromatic carbocycles. The fraction of sp³-hybridized carbons (Fsp3) is 0.533. The molecule has 1 fully saturated rings. The molecule has 104 valence electrons. The molecule has 0 spiro atoms. The van der Waals surface area contributed by atoms with Gasteiger partial charge in [0.05, 0.1) is 6.61 Å². The van der Waals surface area contributed by atoms with Crippen LogP contribution >= 0.6 is 0 Å². The van der Waals surface area contributed by atoms with Gasteiger partial charge < -0.3 is 15.4 Å². The molecule has 1 saturated heterocycles. The lowest BCUT2D eigenvalue weighted by Gasteiger charge is -2.30. The largest absolute Gasteiger partial charge is 0.494 e. The van der Waals surface area contributed by atoms with E-state index in [9.17, 15) is 4.79 Å². The van der Waals surface area contributed by atoms with Crippen LogP contribution in [0.5, 0.6) is 5.75 Å². The Hall–Kier alpha value is -1.55. The highest BCUT2D eigenvalue weighted by molar-refractivity contribution is 5.94. The minimum absolute atomic E-state index is 0.0529. The standard InChI is InChI=1S/C15H22N2O2/c1-2-9-19-14-7-3-5-12(10-14)15(18)17-8-4-6-13(16)11-17/h3,5,7,10,13H,2,4,6,8-9,11,16H2,1H3/t13-/m1/s1. The summed E-state index contributed by atoms with van der Waals surface area (Å²) in [6, 6.07) is 7.51. The lowest BCUT2D eigenvalue weighted by molar-refractivity contribution is 0.0708. The molecule has 0 saturated carbocycles. The molecule has 0 unspecified atom stereocenters. The second kappa shape index (κ2) is 6.57. The maximum absolute atomic E-state index is 12.4. The summed E-state index contributed by atoms with van der Waals surface area (Å²) < 4.78 is 5.56. The van der Waals surface area contributed by atoms with Gasteiger partial charge in [0.2, 0.25) is 0 Å². The lowest BCUT2D eigenvalue weighted by atomic mass is 10.1. The molecule has 1 atom stereocenters. The number of benzene rings is 1. The number of hydrogen-bond donors (Lipinski definition) is 1. The molecule has 0 aromatic heterocycles. The van der Waals surface area contributed by atoms with Crippen LogP contribution in [0.15, 0.2) is 24.3 Å². The minimum atomic E-state index is 0.0529. The highest BCUT2D eigenvalue weighted by Gasteiger charge is 2.22. The molecule has 1 aromatic rings. The molecule has 4 nitrogen and oxygen atoms in total. The fourth-order valence-corrected chi connectivity index (χ4v) is 2.32.